The van der Waals surface area contributed by atoms with Crippen molar-refractivity contribution in [3.8, 4) is 5.75 Å². The van der Waals surface area contributed by atoms with E-state index in [1.165, 1.54) is 5.56 Å². The Morgan fingerprint density at radius 3 is 2.85 bits per heavy atom. The van der Waals surface area contributed by atoms with Gasteiger partial charge in [0.1, 0.15) is 24.0 Å². The molecule has 0 aliphatic carbocycles. The number of methoxy groups -OCH3 is 1. The maximum absolute atomic E-state index is 5.95. The van der Waals surface area contributed by atoms with Gasteiger partial charge in [0.15, 0.2) is 0 Å². The van der Waals surface area contributed by atoms with E-state index in [1.807, 2.05) is 25.1 Å². The van der Waals surface area contributed by atoms with E-state index in [0.29, 0.717) is 13.2 Å². The van der Waals surface area contributed by atoms with Crippen LogP contribution in [0.5, 0.6) is 5.75 Å². The summed E-state index contributed by atoms with van der Waals surface area (Å²) in [7, 11) is 1.68. The van der Waals surface area contributed by atoms with Gasteiger partial charge in [-0.25, -0.2) is 9.97 Å². The standard InChI is InChI=1S/C20H24N4O3/c1-14(12-25-2)27-16-4-3-15-11-21-20(17(15)9-16)18-10-19(23-13-22-18)24-5-7-26-8-6-24/h3-4,9-10,13-14H,5-8,11-12H2,1-2H3/t14-/m1/s1. The third kappa shape index (κ3) is 3.94. The van der Waals surface area contributed by atoms with Crippen molar-refractivity contribution in [3.05, 3.63) is 47.4 Å². The van der Waals surface area contributed by atoms with Crippen molar-refractivity contribution < 1.29 is 14.2 Å². The second-order valence-corrected chi connectivity index (χ2v) is 6.73. The van der Waals surface area contributed by atoms with Crippen molar-refractivity contribution in [1.29, 1.82) is 0 Å². The minimum absolute atomic E-state index is 0.0122. The molecule has 27 heavy (non-hydrogen) atoms. The first kappa shape index (κ1) is 17.9. The minimum atomic E-state index is -0.0122. The van der Waals surface area contributed by atoms with Crippen LogP contribution in [-0.2, 0) is 16.0 Å². The van der Waals surface area contributed by atoms with E-state index in [2.05, 4.69) is 20.9 Å². The molecular weight excluding hydrogens is 344 g/mol. The van der Waals surface area contributed by atoms with Crippen LogP contribution >= 0.6 is 0 Å². The Bertz CT molecular complexity index is 834. The molecule has 1 aromatic carbocycles. The Kier molecular flexibility index (Phi) is 5.31. The van der Waals surface area contributed by atoms with Crippen molar-refractivity contribution in [2.45, 2.75) is 19.6 Å². The van der Waals surface area contributed by atoms with Gasteiger partial charge in [-0.2, -0.15) is 0 Å². The summed E-state index contributed by atoms with van der Waals surface area (Å²) in [5.74, 6) is 1.73. The molecule has 2 aromatic rings. The van der Waals surface area contributed by atoms with E-state index in [1.54, 1.807) is 13.4 Å². The number of morpholine rings is 1. The first-order valence-electron chi connectivity index (χ1n) is 9.23. The van der Waals surface area contributed by atoms with Crippen LogP contribution in [0.1, 0.15) is 23.7 Å². The number of aliphatic imine (C=N–C) groups is 1. The highest BCUT2D eigenvalue weighted by Crippen LogP contribution is 2.28. The number of hydrogen-bond acceptors (Lipinski definition) is 7. The summed E-state index contributed by atoms with van der Waals surface area (Å²) in [6.45, 7) is 6.34. The molecule has 7 nitrogen and oxygen atoms in total. The molecule has 0 N–H and O–H groups in total. The molecule has 1 atom stereocenters. The number of anilines is 1. The molecule has 0 radical (unpaired) electrons. The van der Waals surface area contributed by atoms with Gasteiger partial charge in [0.2, 0.25) is 0 Å². The van der Waals surface area contributed by atoms with Gasteiger partial charge in [0.25, 0.3) is 0 Å². The van der Waals surface area contributed by atoms with Gasteiger partial charge in [-0.05, 0) is 24.6 Å². The normalized spacial score (nSPS) is 17.4. The van der Waals surface area contributed by atoms with Gasteiger partial charge >= 0.3 is 0 Å². The molecule has 142 valence electrons. The average molecular weight is 368 g/mol. The fraction of sp³-hybridized carbons (Fsp3) is 0.450. The second-order valence-electron chi connectivity index (χ2n) is 6.73. The number of aromatic nitrogens is 2. The lowest BCUT2D eigenvalue weighted by Gasteiger charge is -2.27. The van der Waals surface area contributed by atoms with Gasteiger partial charge in [-0.15, -0.1) is 0 Å². The molecule has 2 aliphatic rings. The molecule has 1 aromatic heterocycles. The molecule has 0 saturated carbocycles. The number of fused-ring (bicyclic) bond motifs is 1. The molecule has 7 heteroatoms. The maximum Gasteiger partial charge on any atom is 0.132 e. The molecule has 0 spiro atoms. The van der Waals surface area contributed by atoms with Crippen LogP contribution in [0.15, 0.2) is 35.6 Å². The Balaban J connectivity index is 1.58. The van der Waals surface area contributed by atoms with Crippen molar-refractivity contribution >= 4 is 11.5 Å². The van der Waals surface area contributed by atoms with Gasteiger partial charge in [-0.3, -0.25) is 4.99 Å². The fourth-order valence-electron chi connectivity index (χ4n) is 3.40. The first-order valence-corrected chi connectivity index (χ1v) is 9.23. The van der Waals surface area contributed by atoms with Crippen LogP contribution in [-0.4, -0.2) is 61.8 Å². The average Bonchev–Trinajstić information content (AvgIpc) is 3.12. The zero-order chi connectivity index (χ0) is 18.6. The highest BCUT2D eigenvalue weighted by Gasteiger charge is 2.21. The predicted octanol–water partition coefficient (Wildman–Crippen LogP) is 2.08. The largest absolute Gasteiger partial charge is 0.488 e. The van der Waals surface area contributed by atoms with E-state index in [-0.39, 0.29) is 6.10 Å². The monoisotopic (exact) mass is 368 g/mol. The van der Waals surface area contributed by atoms with Crippen LogP contribution in [0.2, 0.25) is 0 Å². The predicted molar refractivity (Wildman–Crippen MR) is 103 cm³/mol. The number of rotatable bonds is 6. The summed E-state index contributed by atoms with van der Waals surface area (Å²) in [6, 6.07) is 8.12. The molecule has 0 bridgehead atoms. The van der Waals surface area contributed by atoms with Crippen LogP contribution in [0.4, 0.5) is 5.82 Å². The topological polar surface area (TPSA) is 69.1 Å². The smallest absolute Gasteiger partial charge is 0.132 e. The molecule has 0 unspecified atom stereocenters. The van der Waals surface area contributed by atoms with Gasteiger partial charge in [-0.1, -0.05) is 6.07 Å². The Morgan fingerprint density at radius 2 is 2.04 bits per heavy atom. The lowest BCUT2D eigenvalue weighted by molar-refractivity contribution is 0.0921. The molecular formula is C20H24N4O3. The zero-order valence-electron chi connectivity index (χ0n) is 15.7. The quantitative estimate of drug-likeness (QED) is 0.778. The summed E-state index contributed by atoms with van der Waals surface area (Å²) in [6.07, 6.45) is 1.60. The zero-order valence-corrected chi connectivity index (χ0v) is 15.7. The summed E-state index contributed by atoms with van der Waals surface area (Å²) >= 11 is 0. The number of nitrogens with zero attached hydrogens (tertiary/aromatic N) is 4. The summed E-state index contributed by atoms with van der Waals surface area (Å²) in [5, 5.41) is 0. The first-order chi connectivity index (χ1) is 13.2. The Labute approximate surface area is 159 Å². The SMILES string of the molecule is COC[C@@H](C)Oc1ccc2c(c1)C(c1cc(N3CCOCC3)ncn1)=NC2. The van der Waals surface area contributed by atoms with Gasteiger partial charge in [0, 0.05) is 31.8 Å². The maximum atomic E-state index is 5.95. The minimum Gasteiger partial charge on any atom is -0.488 e. The molecule has 0 amide bonds. The van der Waals surface area contributed by atoms with Gasteiger partial charge in [0.05, 0.1) is 37.8 Å². The van der Waals surface area contributed by atoms with Gasteiger partial charge < -0.3 is 19.1 Å². The second kappa shape index (κ2) is 8.02. The van der Waals surface area contributed by atoms with E-state index >= 15 is 0 Å². The lowest BCUT2D eigenvalue weighted by Crippen LogP contribution is -2.36. The molecule has 4 rings (SSSR count). The van der Waals surface area contributed by atoms with Crippen LogP contribution in [0.3, 0.4) is 0 Å². The number of benzene rings is 1. The molecule has 2 aliphatic heterocycles. The highest BCUT2D eigenvalue weighted by molar-refractivity contribution is 6.14. The third-order valence-electron chi connectivity index (χ3n) is 4.71. The van der Waals surface area contributed by atoms with Crippen LogP contribution in [0.25, 0.3) is 0 Å². The van der Waals surface area contributed by atoms with Crippen molar-refractivity contribution in [1.82, 2.24) is 9.97 Å². The summed E-state index contributed by atoms with van der Waals surface area (Å²) in [5.41, 5.74) is 3.99. The summed E-state index contributed by atoms with van der Waals surface area (Å²) < 4.78 is 16.5. The molecule has 3 heterocycles. The lowest BCUT2D eigenvalue weighted by atomic mass is 10.0. The highest BCUT2D eigenvalue weighted by atomic mass is 16.5. The van der Waals surface area contributed by atoms with Crippen molar-refractivity contribution in [2.75, 3.05) is 44.9 Å². The summed E-state index contributed by atoms with van der Waals surface area (Å²) in [4.78, 5) is 15.8. The molecule has 1 fully saturated rings. The van der Waals surface area contributed by atoms with E-state index in [4.69, 9.17) is 19.2 Å². The number of ether oxygens (including phenoxy) is 3. The third-order valence-corrected chi connectivity index (χ3v) is 4.71. The Morgan fingerprint density at radius 1 is 1.19 bits per heavy atom. The Hall–Kier alpha value is -2.51. The van der Waals surface area contributed by atoms with Crippen LogP contribution < -0.4 is 9.64 Å². The van der Waals surface area contributed by atoms with Crippen LogP contribution in [0, 0.1) is 0 Å². The van der Waals surface area contributed by atoms with E-state index < -0.39 is 0 Å². The van der Waals surface area contributed by atoms with Crippen molar-refractivity contribution in [2.24, 2.45) is 4.99 Å². The van der Waals surface area contributed by atoms with E-state index in [9.17, 15) is 0 Å². The van der Waals surface area contributed by atoms with E-state index in [0.717, 1.165) is 54.8 Å². The number of hydrogen-bond donors (Lipinski definition) is 0. The molecule has 1 saturated heterocycles. The fourth-order valence-corrected chi connectivity index (χ4v) is 3.40. The van der Waals surface area contributed by atoms with Crippen molar-refractivity contribution in [3.63, 3.8) is 0 Å².